The first-order valence-corrected chi connectivity index (χ1v) is 7.28. The summed E-state index contributed by atoms with van der Waals surface area (Å²) in [6.07, 6.45) is -2.73. The highest BCUT2D eigenvalue weighted by atomic mass is 32.2. The number of benzene rings is 1. The fraction of sp³-hybridized carbons (Fsp3) is 0.500. The molecule has 1 rings (SSSR count). The minimum Gasteiger partial charge on any atom is -0.329 e. The lowest BCUT2D eigenvalue weighted by molar-refractivity contribution is 0.120. The van der Waals surface area contributed by atoms with E-state index in [9.17, 15) is 17.2 Å². The summed E-state index contributed by atoms with van der Waals surface area (Å²) in [6.45, 7) is 2.41. The molecule has 0 aliphatic rings. The van der Waals surface area contributed by atoms with Gasteiger partial charge in [-0.1, -0.05) is 12.1 Å². The van der Waals surface area contributed by atoms with Gasteiger partial charge in [-0.25, -0.2) is 17.2 Å². The third kappa shape index (κ3) is 3.95. The Morgan fingerprint density at radius 1 is 1.32 bits per heavy atom. The minimum absolute atomic E-state index is 0.00316. The average Bonchev–Trinajstić information content (AvgIpc) is 2.31. The first-order valence-electron chi connectivity index (χ1n) is 5.84. The van der Waals surface area contributed by atoms with Crippen LogP contribution in [0.5, 0.6) is 0 Å². The van der Waals surface area contributed by atoms with E-state index in [1.165, 1.54) is 6.07 Å². The number of halogens is 2. The number of rotatable bonds is 6. The van der Waals surface area contributed by atoms with Crippen molar-refractivity contribution in [3.05, 3.63) is 29.3 Å². The van der Waals surface area contributed by atoms with Crippen LogP contribution in [0, 0.1) is 13.8 Å². The van der Waals surface area contributed by atoms with E-state index in [-0.39, 0.29) is 18.0 Å². The summed E-state index contributed by atoms with van der Waals surface area (Å²) < 4.78 is 50.4. The Bertz CT molecular complexity index is 533. The van der Waals surface area contributed by atoms with E-state index in [4.69, 9.17) is 5.73 Å². The molecule has 0 spiro atoms. The molecule has 1 aromatic rings. The van der Waals surface area contributed by atoms with E-state index >= 15 is 0 Å². The standard InChI is InChI=1S/C12H18F2N2O2S/c1-9-3-4-10(2)11(7-9)19(17,18)16(6-5-15)8-12(13)14/h3-4,7,12H,5-6,8,15H2,1-2H3. The van der Waals surface area contributed by atoms with Gasteiger partial charge in [-0.15, -0.1) is 0 Å². The molecule has 19 heavy (non-hydrogen) atoms. The van der Waals surface area contributed by atoms with Gasteiger partial charge in [-0.2, -0.15) is 4.31 Å². The Hall–Kier alpha value is -1.05. The molecule has 0 aliphatic carbocycles. The smallest absolute Gasteiger partial charge is 0.252 e. The maximum atomic E-state index is 12.5. The van der Waals surface area contributed by atoms with E-state index in [1.807, 2.05) is 0 Å². The number of hydrogen-bond acceptors (Lipinski definition) is 3. The van der Waals surface area contributed by atoms with Gasteiger partial charge in [-0.3, -0.25) is 0 Å². The maximum absolute atomic E-state index is 12.5. The van der Waals surface area contributed by atoms with Crippen LogP contribution in [-0.2, 0) is 10.0 Å². The molecule has 7 heteroatoms. The molecule has 0 atom stereocenters. The van der Waals surface area contributed by atoms with E-state index in [2.05, 4.69) is 0 Å². The third-order valence-electron chi connectivity index (χ3n) is 2.68. The minimum atomic E-state index is -3.94. The van der Waals surface area contributed by atoms with Gasteiger partial charge in [0.1, 0.15) is 0 Å². The van der Waals surface area contributed by atoms with Crippen LogP contribution in [0.3, 0.4) is 0 Å². The van der Waals surface area contributed by atoms with Gasteiger partial charge in [0, 0.05) is 13.1 Å². The largest absolute Gasteiger partial charge is 0.329 e. The van der Waals surface area contributed by atoms with Crippen LogP contribution >= 0.6 is 0 Å². The molecular formula is C12H18F2N2O2S. The zero-order chi connectivity index (χ0) is 14.6. The van der Waals surface area contributed by atoms with Crippen LogP contribution in [0.15, 0.2) is 23.1 Å². The van der Waals surface area contributed by atoms with E-state index in [0.29, 0.717) is 5.56 Å². The molecule has 2 N–H and O–H groups in total. The molecule has 0 fully saturated rings. The molecule has 1 aromatic carbocycles. The second-order valence-corrected chi connectivity index (χ2v) is 6.22. The van der Waals surface area contributed by atoms with Gasteiger partial charge >= 0.3 is 0 Å². The molecular weight excluding hydrogens is 274 g/mol. The zero-order valence-corrected chi connectivity index (χ0v) is 11.8. The molecule has 0 saturated carbocycles. The van der Waals surface area contributed by atoms with Crippen molar-refractivity contribution in [2.75, 3.05) is 19.6 Å². The number of hydrogen-bond donors (Lipinski definition) is 1. The number of nitrogens with two attached hydrogens (primary N) is 1. The molecule has 108 valence electrons. The number of alkyl halides is 2. The van der Waals surface area contributed by atoms with Gasteiger partial charge < -0.3 is 5.73 Å². The van der Waals surface area contributed by atoms with E-state index in [0.717, 1.165) is 9.87 Å². The molecule has 0 saturated heterocycles. The lowest BCUT2D eigenvalue weighted by atomic mass is 10.2. The summed E-state index contributed by atoms with van der Waals surface area (Å²) in [7, 11) is -3.94. The first kappa shape index (κ1) is 16.0. The number of aryl methyl sites for hydroxylation is 2. The summed E-state index contributed by atoms with van der Waals surface area (Å²) in [5.41, 5.74) is 6.58. The van der Waals surface area contributed by atoms with Gasteiger partial charge in [0.05, 0.1) is 11.4 Å². The lowest BCUT2D eigenvalue weighted by Crippen LogP contribution is -2.38. The van der Waals surface area contributed by atoms with Crippen LogP contribution in [-0.4, -0.2) is 38.8 Å². The maximum Gasteiger partial charge on any atom is 0.252 e. The second-order valence-electron chi connectivity index (χ2n) is 4.31. The van der Waals surface area contributed by atoms with E-state index < -0.39 is 23.0 Å². The predicted octanol–water partition coefficient (Wildman–Crippen LogP) is 1.52. The van der Waals surface area contributed by atoms with Crippen molar-refractivity contribution in [1.82, 2.24) is 4.31 Å². The molecule has 4 nitrogen and oxygen atoms in total. The highest BCUT2D eigenvalue weighted by Crippen LogP contribution is 2.21. The van der Waals surface area contributed by atoms with Crippen LogP contribution in [0.25, 0.3) is 0 Å². The zero-order valence-electron chi connectivity index (χ0n) is 10.9. The average molecular weight is 292 g/mol. The van der Waals surface area contributed by atoms with Gasteiger partial charge in [0.2, 0.25) is 10.0 Å². The van der Waals surface area contributed by atoms with Crippen molar-refractivity contribution in [3.8, 4) is 0 Å². The Kier molecular flexibility index (Phi) is 5.39. The van der Waals surface area contributed by atoms with Gasteiger partial charge in [0.15, 0.2) is 0 Å². The monoisotopic (exact) mass is 292 g/mol. The summed E-state index contributed by atoms with van der Waals surface area (Å²) in [5.74, 6) is 0. The van der Waals surface area contributed by atoms with Crippen molar-refractivity contribution < 1.29 is 17.2 Å². The highest BCUT2D eigenvalue weighted by Gasteiger charge is 2.27. The molecule has 0 radical (unpaired) electrons. The second kappa shape index (κ2) is 6.40. The summed E-state index contributed by atoms with van der Waals surface area (Å²) in [6, 6.07) is 4.92. The fourth-order valence-electron chi connectivity index (χ4n) is 1.73. The molecule has 0 unspecified atom stereocenters. The Balaban J connectivity index is 3.22. The normalized spacial score (nSPS) is 12.4. The van der Waals surface area contributed by atoms with Crippen molar-refractivity contribution in [3.63, 3.8) is 0 Å². The summed E-state index contributed by atoms with van der Waals surface area (Å²) >= 11 is 0. The molecule has 0 bridgehead atoms. The number of sulfonamides is 1. The van der Waals surface area contributed by atoms with Crippen molar-refractivity contribution in [2.45, 2.75) is 25.2 Å². The molecule has 0 aliphatic heterocycles. The molecule has 0 amide bonds. The first-order chi connectivity index (χ1) is 8.78. The van der Waals surface area contributed by atoms with Gasteiger partial charge in [0.25, 0.3) is 6.43 Å². The number of nitrogens with zero attached hydrogens (tertiary/aromatic N) is 1. The third-order valence-corrected chi connectivity index (χ3v) is 4.69. The summed E-state index contributed by atoms with van der Waals surface area (Å²) in [4.78, 5) is 0.0570. The predicted molar refractivity (Wildman–Crippen MR) is 69.7 cm³/mol. The van der Waals surface area contributed by atoms with Crippen LogP contribution in [0.4, 0.5) is 8.78 Å². The Morgan fingerprint density at radius 2 is 1.95 bits per heavy atom. The van der Waals surface area contributed by atoms with Crippen molar-refractivity contribution >= 4 is 10.0 Å². The quantitative estimate of drug-likeness (QED) is 0.864. The molecule has 0 aromatic heterocycles. The Morgan fingerprint density at radius 3 is 2.47 bits per heavy atom. The van der Waals surface area contributed by atoms with Crippen LogP contribution in [0.2, 0.25) is 0 Å². The van der Waals surface area contributed by atoms with Crippen molar-refractivity contribution in [1.29, 1.82) is 0 Å². The lowest BCUT2D eigenvalue weighted by Gasteiger charge is -2.22. The SMILES string of the molecule is Cc1ccc(C)c(S(=O)(=O)N(CCN)CC(F)F)c1. The fourth-order valence-corrected chi connectivity index (χ4v) is 3.47. The highest BCUT2D eigenvalue weighted by molar-refractivity contribution is 7.89. The summed E-state index contributed by atoms with van der Waals surface area (Å²) in [5, 5.41) is 0. The van der Waals surface area contributed by atoms with Crippen molar-refractivity contribution in [2.24, 2.45) is 5.73 Å². The van der Waals surface area contributed by atoms with Crippen LogP contribution in [0.1, 0.15) is 11.1 Å². The molecule has 0 heterocycles. The van der Waals surface area contributed by atoms with Crippen LogP contribution < -0.4 is 5.73 Å². The topological polar surface area (TPSA) is 63.4 Å². The Labute approximate surface area is 112 Å². The van der Waals surface area contributed by atoms with Gasteiger partial charge in [-0.05, 0) is 31.0 Å². The van der Waals surface area contributed by atoms with E-state index in [1.54, 1.807) is 26.0 Å².